The predicted octanol–water partition coefficient (Wildman–Crippen LogP) is 3.57. The highest BCUT2D eigenvalue weighted by Gasteiger charge is 2.39. The van der Waals surface area contributed by atoms with Crippen molar-refractivity contribution in [2.24, 2.45) is 0 Å². The van der Waals surface area contributed by atoms with E-state index < -0.39 is 10.0 Å². The molecule has 1 unspecified atom stereocenters. The fourth-order valence-corrected chi connectivity index (χ4v) is 5.43. The lowest BCUT2D eigenvalue weighted by atomic mass is 9.95. The van der Waals surface area contributed by atoms with Gasteiger partial charge in [0.25, 0.3) is 0 Å². The van der Waals surface area contributed by atoms with Crippen LogP contribution >= 0.6 is 11.6 Å². The molecule has 2 aromatic rings. The number of rotatable bonds is 2. The Kier molecular flexibility index (Phi) is 3.29. The van der Waals surface area contributed by atoms with Crippen LogP contribution in [-0.2, 0) is 22.9 Å². The number of halogens is 1. The van der Waals surface area contributed by atoms with Gasteiger partial charge >= 0.3 is 0 Å². The van der Waals surface area contributed by atoms with Gasteiger partial charge in [-0.1, -0.05) is 29.8 Å². The zero-order valence-electron chi connectivity index (χ0n) is 12.0. The van der Waals surface area contributed by atoms with E-state index in [0.717, 1.165) is 19.3 Å². The molecule has 1 atom stereocenters. The minimum absolute atomic E-state index is 0.0133. The maximum absolute atomic E-state index is 13.0. The molecule has 1 aliphatic carbocycles. The molecule has 22 heavy (non-hydrogen) atoms. The van der Waals surface area contributed by atoms with Crippen LogP contribution in [0.25, 0.3) is 0 Å². The van der Waals surface area contributed by atoms with E-state index in [0.29, 0.717) is 16.5 Å². The third-order valence-electron chi connectivity index (χ3n) is 4.68. The third kappa shape index (κ3) is 2.09. The Morgan fingerprint density at radius 2 is 1.68 bits per heavy atom. The van der Waals surface area contributed by atoms with Crippen molar-refractivity contribution in [1.82, 2.24) is 4.31 Å². The first kappa shape index (κ1) is 14.2. The van der Waals surface area contributed by atoms with E-state index in [4.69, 9.17) is 11.6 Å². The summed E-state index contributed by atoms with van der Waals surface area (Å²) >= 11 is 5.87. The van der Waals surface area contributed by atoms with Gasteiger partial charge in [-0.2, -0.15) is 4.31 Å². The van der Waals surface area contributed by atoms with Crippen LogP contribution in [0.3, 0.4) is 0 Å². The molecule has 0 saturated heterocycles. The normalized spacial score (nSPS) is 20.9. The largest absolute Gasteiger partial charge is 0.243 e. The minimum atomic E-state index is -3.47. The summed E-state index contributed by atoms with van der Waals surface area (Å²) in [5.41, 5.74) is 3.85. The van der Waals surface area contributed by atoms with Crippen molar-refractivity contribution < 1.29 is 8.42 Å². The Bertz CT molecular complexity index is 830. The molecule has 1 aliphatic heterocycles. The van der Waals surface area contributed by atoms with Gasteiger partial charge in [-0.3, -0.25) is 0 Å². The van der Waals surface area contributed by atoms with Crippen molar-refractivity contribution >= 4 is 21.6 Å². The van der Waals surface area contributed by atoms with Gasteiger partial charge in [0.2, 0.25) is 10.0 Å². The summed E-state index contributed by atoms with van der Waals surface area (Å²) < 4.78 is 27.6. The molecule has 2 aliphatic rings. The van der Waals surface area contributed by atoms with Gasteiger partial charge in [0, 0.05) is 11.6 Å². The number of hydrogen-bond donors (Lipinski definition) is 0. The third-order valence-corrected chi connectivity index (χ3v) is 6.85. The second-order valence-electron chi connectivity index (χ2n) is 5.86. The van der Waals surface area contributed by atoms with Crippen LogP contribution in [0.5, 0.6) is 0 Å². The summed E-state index contributed by atoms with van der Waals surface area (Å²) in [7, 11) is -3.47. The van der Waals surface area contributed by atoms with E-state index in [1.165, 1.54) is 16.7 Å². The smallest absolute Gasteiger partial charge is 0.207 e. The van der Waals surface area contributed by atoms with Gasteiger partial charge in [-0.25, -0.2) is 8.42 Å². The highest BCUT2D eigenvalue weighted by Crippen LogP contribution is 2.43. The molecule has 0 bridgehead atoms. The van der Waals surface area contributed by atoms with E-state index in [1.54, 1.807) is 28.6 Å². The second-order valence-corrected chi connectivity index (χ2v) is 8.19. The van der Waals surface area contributed by atoms with Crippen molar-refractivity contribution in [2.45, 2.75) is 30.2 Å². The molecular weight excluding hydrogens is 318 g/mol. The van der Waals surface area contributed by atoms with E-state index >= 15 is 0 Å². The van der Waals surface area contributed by atoms with Gasteiger partial charge in [0.05, 0.1) is 10.9 Å². The molecule has 3 nitrogen and oxygen atoms in total. The molecule has 0 N–H and O–H groups in total. The summed E-state index contributed by atoms with van der Waals surface area (Å²) in [6, 6.07) is 12.8. The molecule has 0 saturated carbocycles. The average Bonchev–Trinajstić information content (AvgIpc) is 2.94. The number of hydrogen-bond acceptors (Lipinski definition) is 2. The molecule has 1 heterocycles. The first-order valence-electron chi connectivity index (χ1n) is 7.45. The molecule has 0 fully saturated rings. The quantitative estimate of drug-likeness (QED) is 0.842. The maximum atomic E-state index is 13.0. The lowest BCUT2D eigenvalue weighted by molar-refractivity contribution is 0.308. The monoisotopic (exact) mass is 333 g/mol. The Hall–Kier alpha value is -1.36. The molecule has 0 amide bonds. The first-order valence-corrected chi connectivity index (χ1v) is 9.27. The fourth-order valence-electron chi connectivity index (χ4n) is 3.67. The summed E-state index contributed by atoms with van der Waals surface area (Å²) in [4.78, 5) is 0.324. The van der Waals surface area contributed by atoms with Crippen LogP contribution < -0.4 is 0 Å². The minimum Gasteiger partial charge on any atom is -0.207 e. The van der Waals surface area contributed by atoms with Crippen molar-refractivity contribution in [3.63, 3.8) is 0 Å². The van der Waals surface area contributed by atoms with Crippen molar-refractivity contribution in [2.75, 3.05) is 6.54 Å². The summed E-state index contributed by atoms with van der Waals surface area (Å²) in [6.07, 6.45) is 2.62. The topological polar surface area (TPSA) is 37.4 Å². The molecule has 0 radical (unpaired) electrons. The molecule has 0 spiro atoms. The van der Waals surface area contributed by atoms with Gasteiger partial charge in [-0.05, 0) is 60.2 Å². The van der Waals surface area contributed by atoms with E-state index in [2.05, 4.69) is 18.2 Å². The highest BCUT2D eigenvalue weighted by atomic mass is 35.5. The van der Waals surface area contributed by atoms with Crippen molar-refractivity contribution in [3.05, 3.63) is 64.2 Å². The van der Waals surface area contributed by atoms with Gasteiger partial charge in [0.15, 0.2) is 0 Å². The number of aryl methyl sites for hydroxylation is 1. The molecule has 2 aromatic carbocycles. The summed E-state index contributed by atoms with van der Waals surface area (Å²) in [6.45, 7) is 0.548. The number of sulfonamides is 1. The maximum Gasteiger partial charge on any atom is 0.243 e. The molecule has 4 rings (SSSR count). The molecular formula is C17H16ClNO2S. The van der Waals surface area contributed by atoms with Gasteiger partial charge in [-0.15, -0.1) is 0 Å². The Balaban J connectivity index is 1.77. The van der Waals surface area contributed by atoms with Crippen LogP contribution in [-0.4, -0.2) is 19.3 Å². The molecule has 0 aromatic heterocycles. The van der Waals surface area contributed by atoms with Crippen LogP contribution in [0.4, 0.5) is 0 Å². The van der Waals surface area contributed by atoms with Gasteiger partial charge in [0.1, 0.15) is 0 Å². The first-order chi connectivity index (χ1) is 10.6. The Morgan fingerprint density at radius 3 is 2.41 bits per heavy atom. The van der Waals surface area contributed by atoms with E-state index in [9.17, 15) is 8.42 Å². The van der Waals surface area contributed by atoms with E-state index in [-0.39, 0.29) is 6.04 Å². The highest BCUT2D eigenvalue weighted by molar-refractivity contribution is 7.89. The summed E-state index contributed by atoms with van der Waals surface area (Å²) in [5.74, 6) is 0. The summed E-state index contributed by atoms with van der Waals surface area (Å²) in [5, 5.41) is 0.547. The molecule has 114 valence electrons. The van der Waals surface area contributed by atoms with Crippen molar-refractivity contribution in [3.8, 4) is 0 Å². The number of nitrogens with zero attached hydrogens (tertiary/aromatic N) is 1. The fraction of sp³-hybridized carbons (Fsp3) is 0.294. The number of benzene rings is 2. The zero-order chi connectivity index (χ0) is 15.3. The molecule has 5 heteroatoms. The van der Waals surface area contributed by atoms with Gasteiger partial charge < -0.3 is 0 Å². The Morgan fingerprint density at radius 1 is 1.00 bits per heavy atom. The second kappa shape index (κ2) is 5.08. The average molecular weight is 334 g/mol. The van der Waals surface area contributed by atoms with Crippen molar-refractivity contribution in [1.29, 1.82) is 0 Å². The predicted molar refractivity (Wildman–Crippen MR) is 86.6 cm³/mol. The lowest BCUT2D eigenvalue weighted by Crippen LogP contribution is -2.39. The SMILES string of the molecule is O=S(=O)(c1ccc(Cl)cc1)N1CCc2cccc3c2C1CC3. The standard InChI is InChI=1S/C17H16ClNO2S/c18-14-5-7-15(8-6-14)22(20,21)19-11-10-13-3-1-2-12-4-9-16(19)17(12)13/h1-3,5-8,16H,4,9-11H2. The van der Waals surface area contributed by atoms with E-state index in [1.807, 2.05) is 0 Å². The van der Waals surface area contributed by atoms with Crippen LogP contribution in [0.15, 0.2) is 47.4 Å². The zero-order valence-corrected chi connectivity index (χ0v) is 13.6. The lowest BCUT2D eigenvalue weighted by Gasteiger charge is -2.34. The van der Waals surface area contributed by atoms with Crippen LogP contribution in [0, 0.1) is 0 Å². The van der Waals surface area contributed by atoms with Crippen LogP contribution in [0.1, 0.15) is 29.2 Å². The van der Waals surface area contributed by atoms with Crippen LogP contribution in [0.2, 0.25) is 5.02 Å². The Labute approximate surface area is 135 Å².